The van der Waals surface area contributed by atoms with Crippen molar-refractivity contribution in [3.05, 3.63) is 35.0 Å². The largest absolute Gasteiger partial charge is 0.382 e. The lowest BCUT2D eigenvalue weighted by Crippen LogP contribution is -2.12. The maximum Gasteiger partial charge on any atom is 0.151 e. The van der Waals surface area contributed by atoms with E-state index in [1.165, 1.54) is 19.3 Å². The number of hydrogen-bond acceptors (Lipinski definition) is 3. The van der Waals surface area contributed by atoms with Crippen molar-refractivity contribution in [1.82, 2.24) is 15.0 Å². The van der Waals surface area contributed by atoms with Crippen molar-refractivity contribution in [3.63, 3.8) is 0 Å². The maximum atomic E-state index is 6.09. The number of hydrogen-bond donors (Lipinski definition) is 1. The molecule has 0 saturated heterocycles. The average molecular weight is 249 g/mol. The molecule has 17 heavy (non-hydrogen) atoms. The highest BCUT2D eigenvalue weighted by Crippen LogP contribution is 2.38. The second-order valence-electron chi connectivity index (χ2n) is 4.38. The second-order valence-corrected chi connectivity index (χ2v) is 4.82. The first-order valence-electron chi connectivity index (χ1n) is 5.73. The van der Waals surface area contributed by atoms with Crippen LogP contribution in [0.25, 0.3) is 5.69 Å². The summed E-state index contributed by atoms with van der Waals surface area (Å²) >= 11 is 5.95. The Morgan fingerprint density at radius 2 is 2.18 bits per heavy atom. The van der Waals surface area contributed by atoms with Crippen LogP contribution in [-0.4, -0.2) is 15.0 Å². The van der Waals surface area contributed by atoms with Gasteiger partial charge in [-0.05, 0) is 31.0 Å². The molecule has 0 amide bonds. The minimum absolute atomic E-state index is 0.489. The molecule has 88 valence electrons. The summed E-state index contributed by atoms with van der Waals surface area (Å²) in [6, 6.07) is 7.45. The molecule has 0 unspecified atom stereocenters. The minimum atomic E-state index is 0.489. The molecule has 1 aliphatic carbocycles. The number of anilines is 1. The number of rotatable bonds is 2. The van der Waals surface area contributed by atoms with E-state index in [2.05, 4.69) is 10.3 Å². The van der Waals surface area contributed by atoms with Crippen LogP contribution in [0.4, 0.5) is 5.82 Å². The van der Waals surface area contributed by atoms with Crippen LogP contribution in [0, 0.1) is 0 Å². The molecule has 3 rings (SSSR count). The number of nitrogens with two attached hydrogens (primary N) is 1. The third-order valence-corrected chi connectivity index (χ3v) is 3.51. The molecule has 1 aromatic heterocycles. The smallest absolute Gasteiger partial charge is 0.151 e. The van der Waals surface area contributed by atoms with Crippen LogP contribution in [0.3, 0.4) is 0 Å². The van der Waals surface area contributed by atoms with Gasteiger partial charge in [-0.25, -0.2) is 0 Å². The van der Waals surface area contributed by atoms with E-state index >= 15 is 0 Å². The van der Waals surface area contributed by atoms with Crippen LogP contribution in [0.15, 0.2) is 24.3 Å². The highest BCUT2D eigenvalue weighted by molar-refractivity contribution is 6.30. The van der Waals surface area contributed by atoms with E-state index in [0.717, 1.165) is 11.4 Å². The van der Waals surface area contributed by atoms with E-state index in [1.54, 1.807) is 4.68 Å². The van der Waals surface area contributed by atoms with Gasteiger partial charge in [0.1, 0.15) is 5.69 Å². The van der Waals surface area contributed by atoms with Crippen LogP contribution < -0.4 is 5.73 Å². The Hall–Kier alpha value is -1.55. The molecule has 1 heterocycles. The van der Waals surface area contributed by atoms with Crippen molar-refractivity contribution in [2.24, 2.45) is 0 Å². The Bertz CT molecular complexity index is 545. The van der Waals surface area contributed by atoms with E-state index in [1.807, 2.05) is 24.3 Å². The number of nitrogen functional groups attached to an aromatic ring is 1. The van der Waals surface area contributed by atoms with Crippen LogP contribution in [-0.2, 0) is 0 Å². The standard InChI is InChI=1S/C12H13ClN4/c13-9-5-2-6-10(7-9)17-12(14)11(15-16-17)8-3-1-4-8/h2,5-8H,1,3-4,14H2. The summed E-state index contributed by atoms with van der Waals surface area (Å²) in [5.74, 6) is 1.12. The van der Waals surface area contributed by atoms with Gasteiger partial charge < -0.3 is 5.73 Å². The molecular weight excluding hydrogens is 236 g/mol. The summed E-state index contributed by atoms with van der Waals surface area (Å²) in [4.78, 5) is 0. The first-order chi connectivity index (χ1) is 8.25. The monoisotopic (exact) mass is 248 g/mol. The average Bonchev–Trinajstić information content (AvgIpc) is 2.59. The maximum absolute atomic E-state index is 6.09. The Balaban J connectivity index is 2.00. The van der Waals surface area contributed by atoms with E-state index < -0.39 is 0 Å². The fourth-order valence-corrected chi connectivity index (χ4v) is 2.26. The summed E-state index contributed by atoms with van der Waals surface area (Å²) in [5.41, 5.74) is 7.87. The summed E-state index contributed by atoms with van der Waals surface area (Å²) in [6.07, 6.45) is 3.59. The van der Waals surface area contributed by atoms with Gasteiger partial charge >= 0.3 is 0 Å². The normalized spacial score (nSPS) is 15.8. The molecule has 2 aromatic rings. The van der Waals surface area contributed by atoms with Crippen molar-refractivity contribution in [2.45, 2.75) is 25.2 Å². The molecular formula is C12H13ClN4. The number of benzene rings is 1. The Morgan fingerprint density at radius 1 is 1.35 bits per heavy atom. The zero-order valence-corrected chi connectivity index (χ0v) is 10.1. The lowest BCUT2D eigenvalue weighted by molar-refractivity contribution is 0.411. The molecule has 2 N–H and O–H groups in total. The molecule has 1 fully saturated rings. The van der Waals surface area contributed by atoms with Crippen LogP contribution in [0.1, 0.15) is 30.9 Å². The highest BCUT2D eigenvalue weighted by atomic mass is 35.5. The molecule has 1 aromatic carbocycles. The number of nitrogens with zero attached hydrogens (tertiary/aromatic N) is 3. The number of halogens is 1. The Kier molecular flexibility index (Phi) is 2.52. The van der Waals surface area contributed by atoms with Gasteiger partial charge in [-0.3, -0.25) is 0 Å². The van der Waals surface area contributed by atoms with Gasteiger partial charge in [0.25, 0.3) is 0 Å². The van der Waals surface area contributed by atoms with Crippen LogP contribution in [0.2, 0.25) is 5.02 Å². The van der Waals surface area contributed by atoms with Crippen LogP contribution >= 0.6 is 11.6 Å². The van der Waals surface area contributed by atoms with Gasteiger partial charge in [-0.15, -0.1) is 5.10 Å². The molecule has 0 atom stereocenters. The summed E-state index contributed by atoms with van der Waals surface area (Å²) < 4.78 is 1.65. The van der Waals surface area contributed by atoms with Gasteiger partial charge in [0.2, 0.25) is 0 Å². The van der Waals surface area contributed by atoms with Gasteiger partial charge in [0.05, 0.1) is 5.69 Å². The van der Waals surface area contributed by atoms with E-state index in [4.69, 9.17) is 17.3 Å². The molecule has 0 radical (unpaired) electrons. The summed E-state index contributed by atoms with van der Waals surface area (Å²) in [7, 11) is 0. The second kappa shape index (κ2) is 4.04. The zero-order valence-electron chi connectivity index (χ0n) is 9.31. The molecule has 0 bridgehead atoms. The Morgan fingerprint density at radius 3 is 2.82 bits per heavy atom. The molecule has 0 aliphatic heterocycles. The lowest BCUT2D eigenvalue weighted by atomic mass is 9.83. The first kappa shape index (κ1) is 10.6. The van der Waals surface area contributed by atoms with Crippen LogP contribution in [0.5, 0.6) is 0 Å². The minimum Gasteiger partial charge on any atom is -0.382 e. The SMILES string of the molecule is Nc1c(C2CCC2)nnn1-c1cccc(Cl)c1. The van der Waals surface area contributed by atoms with Gasteiger partial charge in [-0.2, -0.15) is 4.68 Å². The predicted molar refractivity (Wildman–Crippen MR) is 67.4 cm³/mol. The molecule has 0 spiro atoms. The first-order valence-corrected chi connectivity index (χ1v) is 6.10. The fourth-order valence-electron chi connectivity index (χ4n) is 2.07. The highest BCUT2D eigenvalue weighted by Gasteiger charge is 2.26. The van der Waals surface area contributed by atoms with Crippen molar-refractivity contribution < 1.29 is 0 Å². The van der Waals surface area contributed by atoms with Gasteiger partial charge in [0.15, 0.2) is 5.82 Å². The third kappa shape index (κ3) is 1.78. The summed E-state index contributed by atoms with van der Waals surface area (Å²) in [5, 5.41) is 8.97. The molecule has 5 heteroatoms. The zero-order chi connectivity index (χ0) is 11.8. The predicted octanol–water partition coefficient (Wildman–Crippen LogP) is 2.77. The molecule has 4 nitrogen and oxygen atoms in total. The Labute approximate surface area is 104 Å². The van der Waals surface area contributed by atoms with Crippen molar-refractivity contribution >= 4 is 17.4 Å². The lowest BCUT2D eigenvalue weighted by Gasteiger charge is -2.23. The van der Waals surface area contributed by atoms with E-state index in [0.29, 0.717) is 16.8 Å². The quantitative estimate of drug-likeness (QED) is 0.889. The van der Waals surface area contributed by atoms with E-state index in [9.17, 15) is 0 Å². The molecule has 1 saturated carbocycles. The van der Waals surface area contributed by atoms with Crippen molar-refractivity contribution in [3.8, 4) is 5.69 Å². The van der Waals surface area contributed by atoms with Gasteiger partial charge in [0, 0.05) is 10.9 Å². The summed E-state index contributed by atoms with van der Waals surface area (Å²) in [6.45, 7) is 0. The van der Waals surface area contributed by atoms with Crippen molar-refractivity contribution in [2.75, 3.05) is 5.73 Å². The third-order valence-electron chi connectivity index (χ3n) is 3.28. The van der Waals surface area contributed by atoms with Gasteiger partial charge in [-0.1, -0.05) is 29.3 Å². The van der Waals surface area contributed by atoms with E-state index in [-0.39, 0.29) is 0 Å². The number of aromatic nitrogens is 3. The topological polar surface area (TPSA) is 56.7 Å². The fraction of sp³-hybridized carbons (Fsp3) is 0.333. The van der Waals surface area contributed by atoms with Crippen molar-refractivity contribution in [1.29, 1.82) is 0 Å². The molecule has 1 aliphatic rings.